The molecule has 0 unspecified atom stereocenters. The first-order valence-electron chi connectivity index (χ1n) is 12.6. The summed E-state index contributed by atoms with van der Waals surface area (Å²) in [6.45, 7) is 4.97. The van der Waals surface area contributed by atoms with Crippen LogP contribution in [-0.4, -0.2) is 63.9 Å². The van der Waals surface area contributed by atoms with Gasteiger partial charge in [-0.1, -0.05) is 18.1 Å². The third kappa shape index (κ3) is 7.03. The normalized spacial score (nSPS) is 14.3. The molecular formula is C29H27ClF4N6O. The maximum atomic E-state index is 13.9. The number of benzene rings is 2. The standard InChI is InChI=1S/C29H26F4N6O.ClH/c1-18-3-4-20(13-19(18)5-8-23-15-34-27-26(36-23)25(30)16-35-27)28(40)37-22-7-6-21(24(14-22)29(31,32)33)17-39-11-9-38(2)10-12-39;/h3-4,6-7,13-16H,9-12,17H2,1-2H3,(H,34,35)(H,37,40);1H. The third-order valence-corrected chi connectivity index (χ3v) is 6.82. The van der Waals surface area contributed by atoms with Gasteiger partial charge in [0.1, 0.15) is 11.2 Å². The molecule has 1 aliphatic rings. The quantitative estimate of drug-likeness (QED) is 0.252. The molecule has 7 nitrogen and oxygen atoms in total. The lowest BCUT2D eigenvalue weighted by molar-refractivity contribution is -0.138. The van der Waals surface area contributed by atoms with Gasteiger partial charge in [0.05, 0.1) is 11.8 Å². The number of nitrogens with one attached hydrogen (secondary N) is 2. The van der Waals surface area contributed by atoms with E-state index in [1.807, 2.05) is 11.9 Å². The van der Waals surface area contributed by atoms with Crippen LogP contribution in [0.3, 0.4) is 0 Å². The second kappa shape index (κ2) is 12.3. The fourth-order valence-corrected chi connectivity index (χ4v) is 4.46. The minimum absolute atomic E-state index is 0. The summed E-state index contributed by atoms with van der Waals surface area (Å²) in [7, 11) is 1.99. The molecule has 4 aromatic rings. The van der Waals surface area contributed by atoms with Crippen LogP contribution in [0.15, 0.2) is 48.8 Å². The van der Waals surface area contributed by atoms with Crippen molar-refractivity contribution in [3.8, 4) is 11.8 Å². The summed E-state index contributed by atoms with van der Waals surface area (Å²) in [6.07, 6.45) is -2.00. The van der Waals surface area contributed by atoms with Gasteiger partial charge in [0.25, 0.3) is 5.91 Å². The van der Waals surface area contributed by atoms with E-state index in [0.717, 1.165) is 30.9 Å². The molecule has 3 heterocycles. The van der Waals surface area contributed by atoms with Crippen LogP contribution in [-0.2, 0) is 12.7 Å². The van der Waals surface area contributed by atoms with Crippen LogP contribution in [0.1, 0.15) is 38.3 Å². The molecule has 214 valence electrons. The van der Waals surface area contributed by atoms with Gasteiger partial charge in [-0.2, -0.15) is 13.2 Å². The second-order valence-corrected chi connectivity index (χ2v) is 9.77. The Bertz CT molecular complexity index is 1630. The van der Waals surface area contributed by atoms with E-state index < -0.39 is 23.5 Å². The Kier molecular flexibility index (Phi) is 8.97. The first-order chi connectivity index (χ1) is 19.1. The number of rotatable bonds is 4. The van der Waals surface area contributed by atoms with Gasteiger partial charge in [-0.05, 0) is 55.3 Å². The van der Waals surface area contributed by atoms with Crippen molar-refractivity contribution in [1.82, 2.24) is 24.8 Å². The zero-order chi connectivity index (χ0) is 28.4. The molecule has 2 aromatic heterocycles. The third-order valence-electron chi connectivity index (χ3n) is 6.82. The molecule has 1 amide bonds. The Balaban J connectivity index is 0.00000387. The number of H-pyrrole nitrogens is 1. The number of fused-ring (bicyclic) bond motifs is 1. The molecule has 2 N–H and O–H groups in total. The summed E-state index contributed by atoms with van der Waals surface area (Å²) >= 11 is 0. The number of carbonyl (C=O) groups excluding carboxylic acids is 1. The Labute approximate surface area is 240 Å². The van der Waals surface area contributed by atoms with Crippen LogP contribution >= 0.6 is 12.4 Å². The molecule has 1 fully saturated rings. The number of piperazine rings is 1. The molecule has 5 rings (SSSR count). The van der Waals surface area contributed by atoms with E-state index in [-0.39, 0.29) is 47.0 Å². The van der Waals surface area contributed by atoms with E-state index in [2.05, 4.69) is 37.0 Å². The maximum absolute atomic E-state index is 13.9. The molecule has 1 saturated heterocycles. The van der Waals surface area contributed by atoms with Crippen LogP contribution in [0.4, 0.5) is 23.2 Å². The SMILES string of the molecule is Cc1ccc(C(=O)Nc2ccc(CN3CCN(C)CC3)c(C(F)(F)F)c2)cc1C#Cc1cnc2[nH]cc(F)c2n1.Cl. The number of anilines is 1. The molecule has 0 aliphatic carbocycles. The van der Waals surface area contributed by atoms with Gasteiger partial charge in [0, 0.05) is 55.7 Å². The highest BCUT2D eigenvalue weighted by Gasteiger charge is 2.34. The van der Waals surface area contributed by atoms with Gasteiger partial charge in [-0.25, -0.2) is 14.4 Å². The summed E-state index contributed by atoms with van der Waals surface area (Å²) in [5.41, 5.74) is 1.59. The predicted octanol–water partition coefficient (Wildman–Crippen LogP) is 5.25. The molecule has 0 spiro atoms. The zero-order valence-electron chi connectivity index (χ0n) is 22.3. The second-order valence-electron chi connectivity index (χ2n) is 9.77. The molecule has 0 saturated carbocycles. The smallest absolute Gasteiger partial charge is 0.342 e. The summed E-state index contributed by atoms with van der Waals surface area (Å²) < 4.78 is 55.6. The first kappa shape index (κ1) is 30.0. The molecule has 41 heavy (non-hydrogen) atoms. The number of aryl methyl sites for hydroxylation is 1. The molecule has 12 heteroatoms. The molecule has 2 aromatic carbocycles. The molecule has 0 radical (unpaired) electrons. The maximum Gasteiger partial charge on any atom is 0.416 e. The average Bonchev–Trinajstić information content (AvgIpc) is 3.29. The highest BCUT2D eigenvalue weighted by atomic mass is 35.5. The summed E-state index contributed by atoms with van der Waals surface area (Å²) in [5.74, 6) is 4.64. The van der Waals surface area contributed by atoms with Crippen molar-refractivity contribution >= 4 is 35.2 Å². The van der Waals surface area contributed by atoms with Crippen molar-refractivity contribution in [2.75, 3.05) is 38.5 Å². The lowest BCUT2D eigenvalue weighted by Crippen LogP contribution is -2.44. The number of halogens is 5. The molecular weight excluding hydrogens is 560 g/mol. The van der Waals surface area contributed by atoms with E-state index in [1.54, 1.807) is 25.1 Å². The Hall–Kier alpha value is -3.98. The van der Waals surface area contributed by atoms with Crippen molar-refractivity contribution < 1.29 is 22.4 Å². The van der Waals surface area contributed by atoms with Gasteiger partial charge in [0.15, 0.2) is 11.5 Å². The summed E-state index contributed by atoms with van der Waals surface area (Å²) in [4.78, 5) is 28.0. The fourth-order valence-electron chi connectivity index (χ4n) is 4.46. The number of carbonyl (C=O) groups is 1. The summed E-state index contributed by atoms with van der Waals surface area (Å²) in [5, 5.41) is 2.58. The minimum atomic E-state index is -4.56. The minimum Gasteiger partial charge on any atom is -0.342 e. The number of aromatic amines is 1. The van der Waals surface area contributed by atoms with Crippen molar-refractivity contribution in [1.29, 1.82) is 0 Å². The van der Waals surface area contributed by atoms with Gasteiger partial charge in [0.2, 0.25) is 0 Å². The van der Waals surface area contributed by atoms with Crippen LogP contribution in [0, 0.1) is 24.6 Å². The number of nitrogens with zero attached hydrogens (tertiary/aromatic N) is 4. The van der Waals surface area contributed by atoms with Crippen LogP contribution < -0.4 is 5.32 Å². The average molecular weight is 587 g/mol. The van der Waals surface area contributed by atoms with E-state index in [1.165, 1.54) is 18.3 Å². The lowest BCUT2D eigenvalue weighted by Gasteiger charge is -2.33. The van der Waals surface area contributed by atoms with Gasteiger partial charge in [-0.15, -0.1) is 12.4 Å². The highest BCUT2D eigenvalue weighted by Crippen LogP contribution is 2.34. The van der Waals surface area contributed by atoms with Crippen LogP contribution in [0.5, 0.6) is 0 Å². The van der Waals surface area contributed by atoms with Crippen molar-refractivity contribution in [2.24, 2.45) is 0 Å². The first-order valence-corrected chi connectivity index (χ1v) is 12.6. The molecule has 0 bridgehead atoms. The number of hydrogen-bond donors (Lipinski definition) is 2. The van der Waals surface area contributed by atoms with Gasteiger partial charge < -0.3 is 15.2 Å². The van der Waals surface area contributed by atoms with Crippen molar-refractivity contribution in [2.45, 2.75) is 19.6 Å². The summed E-state index contributed by atoms with van der Waals surface area (Å²) in [6, 6.07) is 8.71. The Morgan fingerprint density at radius 1 is 1.10 bits per heavy atom. The van der Waals surface area contributed by atoms with Crippen LogP contribution in [0.2, 0.25) is 0 Å². The van der Waals surface area contributed by atoms with Gasteiger partial charge >= 0.3 is 6.18 Å². The molecule has 0 atom stereocenters. The predicted molar refractivity (Wildman–Crippen MR) is 150 cm³/mol. The Morgan fingerprint density at radius 3 is 2.59 bits per heavy atom. The molecule has 1 aliphatic heterocycles. The van der Waals surface area contributed by atoms with Gasteiger partial charge in [-0.3, -0.25) is 9.69 Å². The zero-order valence-corrected chi connectivity index (χ0v) is 23.1. The fraction of sp³-hybridized carbons (Fsp3) is 0.276. The number of likely N-dealkylation sites (N-methyl/N-ethyl adjacent to an activating group) is 1. The van der Waals surface area contributed by atoms with E-state index in [4.69, 9.17) is 0 Å². The monoisotopic (exact) mass is 586 g/mol. The van der Waals surface area contributed by atoms with Crippen molar-refractivity contribution in [3.63, 3.8) is 0 Å². The van der Waals surface area contributed by atoms with Crippen LogP contribution in [0.25, 0.3) is 11.2 Å². The van der Waals surface area contributed by atoms with E-state index >= 15 is 0 Å². The van der Waals surface area contributed by atoms with E-state index in [9.17, 15) is 22.4 Å². The number of alkyl halides is 3. The Morgan fingerprint density at radius 2 is 1.85 bits per heavy atom. The number of hydrogen-bond acceptors (Lipinski definition) is 5. The largest absolute Gasteiger partial charge is 0.416 e. The topological polar surface area (TPSA) is 77.2 Å². The number of amides is 1. The van der Waals surface area contributed by atoms with Crippen molar-refractivity contribution in [3.05, 3.63) is 88.1 Å². The highest BCUT2D eigenvalue weighted by molar-refractivity contribution is 6.04. The number of aromatic nitrogens is 3. The van der Waals surface area contributed by atoms with E-state index in [0.29, 0.717) is 24.3 Å². The lowest BCUT2D eigenvalue weighted by atomic mass is 10.0.